The molecule has 24 heavy (non-hydrogen) atoms. The van der Waals surface area contributed by atoms with Crippen molar-refractivity contribution in [2.75, 3.05) is 5.84 Å². The van der Waals surface area contributed by atoms with E-state index in [1.165, 1.54) is 4.68 Å². The number of ether oxygens (including phenoxy) is 1. The van der Waals surface area contributed by atoms with Crippen LogP contribution in [0.2, 0.25) is 5.02 Å². The van der Waals surface area contributed by atoms with Gasteiger partial charge in [-0.2, -0.15) is 4.98 Å². The number of rotatable bonds is 1. The van der Waals surface area contributed by atoms with Gasteiger partial charge in [0.05, 0.1) is 22.6 Å². The van der Waals surface area contributed by atoms with Crippen LogP contribution in [0.5, 0.6) is 0 Å². The quantitative estimate of drug-likeness (QED) is 0.518. The minimum atomic E-state index is -0.271. The average Bonchev–Trinajstić information content (AvgIpc) is 2.87. The Bertz CT molecular complexity index is 1020. The molecule has 3 heterocycles. The number of benzene rings is 1. The maximum Gasteiger partial charge on any atom is 0.231 e. The van der Waals surface area contributed by atoms with Gasteiger partial charge in [-0.1, -0.05) is 36.0 Å². The van der Waals surface area contributed by atoms with Gasteiger partial charge in [-0.3, -0.25) is 0 Å². The van der Waals surface area contributed by atoms with Crippen LogP contribution in [0.3, 0.4) is 0 Å². The summed E-state index contributed by atoms with van der Waals surface area (Å²) in [6.45, 7) is 4.50. The topological polar surface area (TPSA) is 66.2 Å². The summed E-state index contributed by atoms with van der Waals surface area (Å²) in [5.74, 6) is 7.54. The summed E-state index contributed by atoms with van der Waals surface area (Å²) in [5, 5.41) is 1.30. The number of hydrogen-bond acceptors (Lipinski definition) is 5. The summed E-state index contributed by atoms with van der Waals surface area (Å²) < 4.78 is 13.7. The molecular formula is C17H16ClN3O2S. The molecule has 1 aliphatic heterocycles. The summed E-state index contributed by atoms with van der Waals surface area (Å²) >= 11 is 11.8. The van der Waals surface area contributed by atoms with Crippen LogP contribution in [0.25, 0.3) is 22.5 Å². The van der Waals surface area contributed by atoms with Crippen LogP contribution in [0.1, 0.15) is 25.2 Å². The maximum atomic E-state index is 6.28. The first kappa shape index (κ1) is 15.6. The van der Waals surface area contributed by atoms with Crippen molar-refractivity contribution in [3.05, 3.63) is 45.3 Å². The lowest BCUT2D eigenvalue weighted by Crippen LogP contribution is -2.31. The molecular weight excluding hydrogens is 346 g/mol. The van der Waals surface area contributed by atoms with Gasteiger partial charge in [0.15, 0.2) is 5.82 Å². The van der Waals surface area contributed by atoms with Crippen molar-refractivity contribution in [2.24, 2.45) is 0 Å². The highest BCUT2D eigenvalue weighted by Gasteiger charge is 2.32. The lowest BCUT2D eigenvalue weighted by molar-refractivity contribution is -0.0440. The number of halogens is 1. The summed E-state index contributed by atoms with van der Waals surface area (Å²) in [5.41, 5.74) is 1.85. The lowest BCUT2D eigenvalue weighted by atomic mass is 9.97. The maximum absolute atomic E-state index is 6.28. The monoisotopic (exact) mass is 361 g/mol. The summed E-state index contributed by atoms with van der Waals surface area (Å²) in [6.07, 6.45) is 0.666. The molecule has 0 saturated carbocycles. The van der Waals surface area contributed by atoms with E-state index < -0.39 is 0 Å². The molecule has 1 aromatic carbocycles. The van der Waals surface area contributed by atoms with Gasteiger partial charge in [0, 0.05) is 17.5 Å². The van der Waals surface area contributed by atoms with E-state index in [1.54, 1.807) is 6.07 Å². The number of nitrogen functional groups attached to an aromatic ring is 1. The first-order chi connectivity index (χ1) is 11.4. The van der Waals surface area contributed by atoms with E-state index in [-0.39, 0.29) is 5.60 Å². The van der Waals surface area contributed by atoms with Crippen LogP contribution in [0.4, 0.5) is 0 Å². The Labute approximate surface area is 149 Å². The Morgan fingerprint density at radius 1 is 1.33 bits per heavy atom. The van der Waals surface area contributed by atoms with E-state index in [2.05, 4.69) is 4.98 Å². The molecule has 124 valence electrons. The van der Waals surface area contributed by atoms with Gasteiger partial charge in [0.2, 0.25) is 5.71 Å². The van der Waals surface area contributed by atoms with E-state index in [1.807, 2.05) is 32.0 Å². The molecule has 0 unspecified atom stereocenters. The molecule has 5 nitrogen and oxygen atoms in total. The molecule has 3 aromatic rings. The second-order valence-corrected chi connectivity index (χ2v) is 7.29. The molecule has 0 bridgehead atoms. The van der Waals surface area contributed by atoms with Crippen LogP contribution in [-0.4, -0.2) is 15.3 Å². The number of hydrogen-bond donors (Lipinski definition) is 1. The molecule has 0 aliphatic carbocycles. The molecule has 4 rings (SSSR count). The van der Waals surface area contributed by atoms with Crippen molar-refractivity contribution in [2.45, 2.75) is 32.5 Å². The fraction of sp³-hybridized carbons (Fsp3) is 0.294. The Hall–Kier alpha value is -1.89. The van der Waals surface area contributed by atoms with Gasteiger partial charge >= 0.3 is 0 Å². The lowest BCUT2D eigenvalue weighted by Gasteiger charge is -2.28. The van der Waals surface area contributed by atoms with E-state index in [0.717, 1.165) is 16.7 Å². The molecule has 2 N–H and O–H groups in total. The second-order valence-electron chi connectivity index (χ2n) is 6.50. The smallest absolute Gasteiger partial charge is 0.231 e. The number of furan rings is 1. The predicted molar refractivity (Wildman–Crippen MR) is 96.0 cm³/mol. The first-order valence-electron chi connectivity index (χ1n) is 7.58. The molecule has 0 fully saturated rings. The summed E-state index contributed by atoms with van der Waals surface area (Å²) in [4.78, 5) is 4.58. The van der Waals surface area contributed by atoms with E-state index in [4.69, 9.17) is 38.8 Å². The highest BCUT2D eigenvalue weighted by molar-refractivity contribution is 7.71. The fourth-order valence-corrected chi connectivity index (χ4v) is 3.51. The van der Waals surface area contributed by atoms with E-state index >= 15 is 0 Å². The second kappa shape index (κ2) is 5.31. The number of fused-ring (bicyclic) bond motifs is 3. The van der Waals surface area contributed by atoms with Crippen molar-refractivity contribution < 1.29 is 9.15 Å². The molecule has 2 aromatic heterocycles. The zero-order chi connectivity index (χ0) is 17.1. The number of nitrogens with zero attached hydrogens (tertiary/aromatic N) is 2. The Morgan fingerprint density at radius 3 is 2.83 bits per heavy atom. The van der Waals surface area contributed by atoms with Crippen LogP contribution in [0, 0.1) is 4.64 Å². The Morgan fingerprint density at radius 2 is 2.08 bits per heavy atom. The molecule has 0 amide bonds. The molecule has 0 saturated heterocycles. The number of nitrogens with two attached hydrogens (primary N) is 1. The third kappa shape index (κ3) is 2.33. The SMILES string of the molecule is CC1(C)Cc2oc3nc(-c4ccccc4Cl)n(N)c(=S)c3c2CO1. The minimum absolute atomic E-state index is 0.271. The standard InChI is InChI=1S/C17H16ClN3O2S/c1-17(2)7-12-10(8-22-17)13-15(23-12)20-14(21(19)16(13)24)9-5-3-4-6-11(9)18/h3-6H,7-8,19H2,1-2H3. The average molecular weight is 362 g/mol. The molecule has 0 spiro atoms. The van der Waals surface area contributed by atoms with Gasteiger partial charge in [0.25, 0.3) is 0 Å². The van der Waals surface area contributed by atoms with Crippen molar-refractivity contribution in [1.82, 2.24) is 9.66 Å². The predicted octanol–water partition coefficient (Wildman–Crippen LogP) is 4.24. The Balaban J connectivity index is 1.99. The zero-order valence-corrected chi connectivity index (χ0v) is 14.9. The van der Waals surface area contributed by atoms with Crippen molar-refractivity contribution in [3.8, 4) is 11.4 Å². The molecule has 0 atom stereocenters. The molecule has 1 aliphatic rings. The van der Waals surface area contributed by atoms with Crippen LogP contribution in [0.15, 0.2) is 28.7 Å². The van der Waals surface area contributed by atoms with Gasteiger partial charge < -0.3 is 15.0 Å². The third-order valence-electron chi connectivity index (χ3n) is 4.25. The van der Waals surface area contributed by atoms with Crippen molar-refractivity contribution in [1.29, 1.82) is 0 Å². The highest BCUT2D eigenvalue weighted by Crippen LogP contribution is 2.36. The minimum Gasteiger partial charge on any atom is -0.442 e. The largest absolute Gasteiger partial charge is 0.442 e. The van der Waals surface area contributed by atoms with Crippen molar-refractivity contribution in [3.63, 3.8) is 0 Å². The van der Waals surface area contributed by atoms with Crippen LogP contribution >= 0.6 is 23.8 Å². The fourth-order valence-electron chi connectivity index (χ4n) is 3.00. The summed E-state index contributed by atoms with van der Waals surface area (Å²) in [6, 6.07) is 7.36. The zero-order valence-electron chi connectivity index (χ0n) is 13.3. The molecule has 0 radical (unpaired) electrons. The van der Waals surface area contributed by atoms with E-state index in [0.29, 0.717) is 39.8 Å². The summed E-state index contributed by atoms with van der Waals surface area (Å²) in [7, 11) is 0. The highest BCUT2D eigenvalue weighted by atomic mass is 35.5. The van der Waals surface area contributed by atoms with Gasteiger partial charge in [0.1, 0.15) is 10.4 Å². The number of aromatic nitrogens is 2. The van der Waals surface area contributed by atoms with Gasteiger partial charge in [-0.05, 0) is 26.0 Å². The van der Waals surface area contributed by atoms with E-state index in [9.17, 15) is 0 Å². The normalized spacial score (nSPS) is 16.3. The third-order valence-corrected chi connectivity index (χ3v) is 4.98. The Kier molecular flexibility index (Phi) is 3.46. The van der Waals surface area contributed by atoms with Crippen LogP contribution in [-0.2, 0) is 17.8 Å². The van der Waals surface area contributed by atoms with Crippen LogP contribution < -0.4 is 5.84 Å². The van der Waals surface area contributed by atoms with Gasteiger partial charge in [-0.15, -0.1) is 0 Å². The molecule has 7 heteroatoms. The van der Waals surface area contributed by atoms with Gasteiger partial charge in [-0.25, -0.2) is 4.68 Å². The van der Waals surface area contributed by atoms with Crippen molar-refractivity contribution >= 4 is 34.9 Å². The first-order valence-corrected chi connectivity index (χ1v) is 8.37.